The summed E-state index contributed by atoms with van der Waals surface area (Å²) < 4.78 is 7.19. The third-order valence-electron chi connectivity index (χ3n) is 4.73. The highest BCUT2D eigenvalue weighted by Gasteiger charge is 2.24. The largest absolute Gasteiger partial charge is 0.473 e. The summed E-state index contributed by atoms with van der Waals surface area (Å²) in [5.41, 5.74) is 7.82. The topological polar surface area (TPSA) is 235 Å². The van der Waals surface area contributed by atoms with Crippen molar-refractivity contribution in [2.75, 3.05) is 31.6 Å². The molecule has 1 aliphatic heterocycles. The first kappa shape index (κ1) is 29.6. The van der Waals surface area contributed by atoms with E-state index < -0.39 is 23.9 Å². The molecule has 1 fully saturated rings. The van der Waals surface area contributed by atoms with E-state index in [1.165, 1.54) is 0 Å². The van der Waals surface area contributed by atoms with Crippen LogP contribution < -0.4 is 11.1 Å². The molecule has 1 saturated heterocycles. The minimum atomic E-state index is -1.82. The van der Waals surface area contributed by atoms with E-state index in [4.69, 9.17) is 55.1 Å². The van der Waals surface area contributed by atoms with Crippen LogP contribution >= 0.6 is 0 Å². The number of para-hydroxylation sites is 2. The highest BCUT2D eigenvalue weighted by molar-refractivity contribution is 6.27. The fraction of sp³-hybridized carbons (Fsp3) is 0.429. The molecule has 2 heterocycles. The maximum Gasteiger partial charge on any atom is 0.414 e. The molecule has 1 aliphatic rings. The average Bonchev–Trinajstić information content (AvgIpc) is 3.17. The van der Waals surface area contributed by atoms with Gasteiger partial charge < -0.3 is 45.7 Å². The smallest absolute Gasteiger partial charge is 0.414 e. The Bertz CT molecular complexity index is 1010. The Morgan fingerprint density at radius 3 is 2.00 bits per heavy atom. The summed E-state index contributed by atoms with van der Waals surface area (Å²) in [6.45, 7) is 4.94. The van der Waals surface area contributed by atoms with Crippen LogP contribution in [0.1, 0.15) is 19.8 Å². The normalized spacial score (nSPS) is 12.9. The summed E-state index contributed by atoms with van der Waals surface area (Å²) in [5, 5.41) is 33.1. The van der Waals surface area contributed by atoms with E-state index in [2.05, 4.69) is 16.0 Å². The summed E-state index contributed by atoms with van der Waals surface area (Å²) >= 11 is 0. The molecular formula is C21H29N5O10. The number of nitrogens with one attached hydrogen (secondary N) is 1. The van der Waals surface area contributed by atoms with Crippen molar-refractivity contribution in [1.29, 1.82) is 0 Å². The fourth-order valence-electron chi connectivity index (χ4n) is 3.14. The van der Waals surface area contributed by atoms with Crippen molar-refractivity contribution < 1.29 is 49.1 Å². The van der Waals surface area contributed by atoms with Crippen molar-refractivity contribution in [3.05, 3.63) is 24.3 Å². The lowest BCUT2D eigenvalue weighted by Gasteiger charge is -2.31. The molecule has 0 unspecified atom stereocenters. The van der Waals surface area contributed by atoms with Crippen molar-refractivity contribution in [1.82, 2.24) is 14.5 Å². The van der Waals surface area contributed by atoms with Crippen LogP contribution in [0.5, 0.6) is 0 Å². The van der Waals surface area contributed by atoms with Gasteiger partial charge in [0.2, 0.25) is 5.95 Å². The molecule has 15 heteroatoms. The van der Waals surface area contributed by atoms with Gasteiger partial charge in [-0.25, -0.2) is 29.0 Å². The number of fused-ring (bicyclic) bond motifs is 1. The Morgan fingerprint density at radius 2 is 1.53 bits per heavy atom. The van der Waals surface area contributed by atoms with Gasteiger partial charge in [-0.1, -0.05) is 12.1 Å². The fourth-order valence-corrected chi connectivity index (χ4v) is 3.14. The Labute approximate surface area is 205 Å². The summed E-state index contributed by atoms with van der Waals surface area (Å²) in [6.07, 6.45) is 1.54. The molecule has 0 bridgehead atoms. The summed E-state index contributed by atoms with van der Waals surface area (Å²) in [4.78, 5) is 54.6. The zero-order valence-electron chi connectivity index (χ0n) is 19.5. The number of hydrogen-bond donors (Lipinski definition) is 6. The molecular weight excluding hydrogens is 482 g/mol. The quantitative estimate of drug-likeness (QED) is 0.297. The summed E-state index contributed by atoms with van der Waals surface area (Å²) in [6, 6.07) is 8.37. The van der Waals surface area contributed by atoms with Crippen LogP contribution in [0.25, 0.3) is 11.0 Å². The van der Waals surface area contributed by atoms with Crippen LogP contribution in [0.15, 0.2) is 24.3 Å². The molecule has 0 spiro atoms. The van der Waals surface area contributed by atoms with Crippen molar-refractivity contribution >= 4 is 47.0 Å². The lowest BCUT2D eigenvalue weighted by atomic mass is 10.1. The number of rotatable bonds is 5. The Hall–Kier alpha value is -4.40. The van der Waals surface area contributed by atoms with Gasteiger partial charge in [0.15, 0.2) is 0 Å². The van der Waals surface area contributed by atoms with Gasteiger partial charge in [0.05, 0.1) is 17.6 Å². The second-order valence-corrected chi connectivity index (χ2v) is 7.19. The third kappa shape index (κ3) is 9.46. The number of aromatic nitrogens is 2. The minimum absolute atomic E-state index is 0.216. The van der Waals surface area contributed by atoms with Crippen LogP contribution in [0.4, 0.5) is 10.7 Å². The number of benzene rings is 1. The SMILES string of the molecule is CCOC(=O)N1CCC(Nc2nc3ccccc3n2CCN)CC1.O=C(O)C(=O)O.O=C(O)C(=O)O. The first-order valence-electron chi connectivity index (χ1n) is 10.8. The van der Waals surface area contributed by atoms with E-state index in [9.17, 15) is 4.79 Å². The molecule has 15 nitrogen and oxygen atoms in total. The number of carbonyl (C=O) groups excluding carboxylic acids is 1. The van der Waals surface area contributed by atoms with E-state index in [1.54, 1.807) is 4.90 Å². The molecule has 1 aromatic heterocycles. The molecule has 7 N–H and O–H groups in total. The van der Waals surface area contributed by atoms with Gasteiger partial charge in [-0.2, -0.15) is 0 Å². The molecule has 0 radical (unpaired) electrons. The van der Waals surface area contributed by atoms with E-state index in [1.807, 2.05) is 25.1 Å². The third-order valence-corrected chi connectivity index (χ3v) is 4.73. The van der Waals surface area contributed by atoms with Crippen molar-refractivity contribution in [2.24, 2.45) is 5.73 Å². The number of carbonyl (C=O) groups is 5. The molecule has 0 atom stereocenters. The summed E-state index contributed by atoms with van der Waals surface area (Å²) in [7, 11) is 0. The van der Waals surface area contributed by atoms with Crippen molar-refractivity contribution in [2.45, 2.75) is 32.4 Å². The number of amides is 1. The Morgan fingerprint density at radius 1 is 1.00 bits per heavy atom. The van der Waals surface area contributed by atoms with Gasteiger partial charge in [0.1, 0.15) is 0 Å². The van der Waals surface area contributed by atoms with Crippen LogP contribution in [-0.2, 0) is 30.5 Å². The van der Waals surface area contributed by atoms with Crippen molar-refractivity contribution in [3.8, 4) is 0 Å². The number of ether oxygens (including phenoxy) is 1. The molecule has 3 rings (SSSR count). The molecule has 0 aliphatic carbocycles. The Balaban J connectivity index is 0.000000450. The Kier molecular flexibility index (Phi) is 12.2. The average molecular weight is 511 g/mol. The van der Waals surface area contributed by atoms with Gasteiger partial charge in [0.25, 0.3) is 0 Å². The molecule has 2 aromatic rings. The van der Waals surface area contributed by atoms with Gasteiger partial charge in [-0.15, -0.1) is 0 Å². The lowest BCUT2D eigenvalue weighted by Crippen LogP contribution is -2.43. The predicted octanol–water partition coefficient (Wildman–Crippen LogP) is 0.339. The number of nitrogens with zero attached hydrogens (tertiary/aromatic N) is 3. The standard InChI is InChI=1S/C17H25N5O2.2C2H2O4/c1-2-24-17(23)21-10-7-13(8-11-21)19-16-20-14-5-3-4-6-15(14)22(16)12-9-18;2*3-1(4)2(5)6/h3-6,13H,2,7-12,18H2,1H3,(H,19,20);2*(H,3,4)(H,5,6). The minimum Gasteiger partial charge on any atom is -0.473 e. The number of piperidine rings is 1. The number of carboxylic acids is 4. The molecule has 1 aromatic carbocycles. The molecule has 36 heavy (non-hydrogen) atoms. The lowest BCUT2D eigenvalue weighted by molar-refractivity contribution is -0.159. The van der Waals surface area contributed by atoms with E-state index in [0.29, 0.717) is 32.3 Å². The summed E-state index contributed by atoms with van der Waals surface area (Å²) in [5.74, 6) is -6.44. The number of anilines is 1. The predicted molar refractivity (Wildman–Crippen MR) is 125 cm³/mol. The second-order valence-electron chi connectivity index (χ2n) is 7.19. The van der Waals surface area contributed by atoms with Gasteiger partial charge >= 0.3 is 30.0 Å². The monoisotopic (exact) mass is 511 g/mol. The maximum atomic E-state index is 11.8. The number of likely N-dealkylation sites (tertiary alicyclic amines) is 1. The van der Waals surface area contributed by atoms with Crippen LogP contribution in [0, 0.1) is 0 Å². The zero-order valence-corrected chi connectivity index (χ0v) is 19.5. The van der Waals surface area contributed by atoms with E-state index in [0.717, 1.165) is 36.4 Å². The molecule has 1 amide bonds. The van der Waals surface area contributed by atoms with Gasteiger partial charge in [0, 0.05) is 32.2 Å². The maximum absolute atomic E-state index is 11.8. The van der Waals surface area contributed by atoms with E-state index in [-0.39, 0.29) is 6.09 Å². The molecule has 0 saturated carbocycles. The first-order chi connectivity index (χ1) is 17.0. The number of imidazole rings is 1. The highest BCUT2D eigenvalue weighted by Crippen LogP contribution is 2.22. The zero-order chi connectivity index (χ0) is 27.3. The van der Waals surface area contributed by atoms with Crippen LogP contribution in [0.2, 0.25) is 0 Å². The van der Waals surface area contributed by atoms with Gasteiger partial charge in [-0.05, 0) is 31.9 Å². The highest BCUT2D eigenvalue weighted by atomic mass is 16.6. The first-order valence-corrected chi connectivity index (χ1v) is 10.8. The number of hydrogen-bond acceptors (Lipinski definition) is 9. The van der Waals surface area contributed by atoms with Crippen molar-refractivity contribution in [3.63, 3.8) is 0 Å². The van der Waals surface area contributed by atoms with Crippen LogP contribution in [-0.4, -0.2) is 97.1 Å². The number of nitrogens with two attached hydrogens (primary N) is 1. The van der Waals surface area contributed by atoms with Gasteiger partial charge in [-0.3, -0.25) is 0 Å². The number of carboxylic acid groups (broad SMARTS) is 4. The van der Waals surface area contributed by atoms with Crippen LogP contribution in [0.3, 0.4) is 0 Å². The molecule has 198 valence electrons. The second kappa shape index (κ2) is 14.8. The number of aliphatic carboxylic acids is 4. The van der Waals surface area contributed by atoms with E-state index >= 15 is 0 Å².